The maximum absolute atomic E-state index is 3.67. The topological polar surface area (TPSA) is 18.5 Å². The molecule has 3 atom stereocenters. The van der Waals surface area contributed by atoms with Gasteiger partial charge in [-0.1, -0.05) is 6.42 Å². The molecule has 4 heteroatoms. The van der Waals surface area contributed by atoms with Crippen LogP contribution in [0.4, 0.5) is 0 Å². The second kappa shape index (κ2) is 6.79. The molecule has 0 amide bonds. The van der Waals surface area contributed by atoms with E-state index in [-0.39, 0.29) is 0 Å². The van der Waals surface area contributed by atoms with Crippen LogP contribution in [0.3, 0.4) is 0 Å². The molecule has 3 saturated heterocycles. The van der Waals surface area contributed by atoms with Gasteiger partial charge in [0.2, 0.25) is 0 Å². The molecule has 0 aliphatic carbocycles. The third-order valence-corrected chi connectivity index (χ3v) is 6.21. The average Bonchev–Trinajstić information content (AvgIpc) is 2.46. The van der Waals surface area contributed by atoms with Crippen molar-refractivity contribution < 1.29 is 0 Å². The van der Waals surface area contributed by atoms with Crippen LogP contribution in [0.1, 0.15) is 32.6 Å². The number of hydrogen-bond donors (Lipinski definition) is 1. The van der Waals surface area contributed by atoms with Gasteiger partial charge in [0.25, 0.3) is 0 Å². The Labute approximate surface area is 122 Å². The maximum atomic E-state index is 3.67. The second-order valence-electron chi connectivity index (χ2n) is 6.50. The van der Waals surface area contributed by atoms with E-state index >= 15 is 0 Å². The molecule has 0 aromatic rings. The Kier molecular flexibility index (Phi) is 5.07. The normalized spacial score (nSPS) is 38.1. The van der Waals surface area contributed by atoms with Crippen molar-refractivity contribution in [1.29, 1.82) is 0 Å². The molecular weight excluding hydrogens is 254 g/mol. The minimum Gasteiger partial charge on any atom is -0.312 e. The third kappa shape index (κ3) is 3.66. The van der Waals surface area contributed by atoms with Crippen molar-refractivity contribution in [2.75, 3.05) is 44.2 Å². The van der Waals surface area contributed by atoms with Crippen LogP contribution in [-0.2, 0) is 0 Å². The molecule has 0 bridgehead atoms. The summed E-state index contributed by atoms with van der Waals surface area (Å²) in [6.45, 7) is 8.90. The van der Waals surface area contributed by atoms with E-state index in [9.17, 15) is 0 Å². The highest BCUT2D eigenvalue weighted by Gasteiger charge is 2.32. The standard InChI is InChI=1S/C15H29N3S/c1-13-10-18-7-3-2-4-15(18)11-17(13)8-5-14-12-19-9-6-16-14/h13-16H,2-12H2,1H3. The number of fused-ring (bicyclic) bond motifs is 1. The fourth-order valence-electron chi connectivity index (χ4n) is 3.85. The van der Waals surface area contributed by atoms with E-state index in [0.717, 1.165) is 18.1 Å². The summed E-state index contributed by atoms with van der Waals surface area (Å²) in [7, 11) is 0. The highest BCUT2D eigenvalue weighted by Crippen LogP contribution is 2.24. The van der Waals surface area contributed by atoms with Gasteiger partial charge in [-0.3, -0.25) is 9.80 Å². The molecule has 3 rings (SSSR count). The Morgan fingerprint density at radius 2 is 2.21 bits per heavy atom. The largest absolute Gasteiger partial charge is 0.312 e. The van der Waals surface area contributed by atoms with Crippen molar-refractivity contribution in [3.05, 3.63) is 0 Å². The van der Waals surface area contributed by atoms with Crippen LogP contribution in [-0.4, -0.2) is 72.2 Å². The van der Waals surface area contributed by atoms with E-state index in [0.29, 0.717) is 0 Å². The van der Waals surface area contributed by atoms with Crippen molar-refractivity contribution in [1.82, 2.24) is 15.1 Å². The van der Waals surface area contributed by atoms with Crippen molar-refractivity contribution in [2.45, 2.75) is 50.7 Å². The van der Waals surface area contributed by atoms with Gasteiger partial charge in [-0.15, -0.1) is 0 Å². The second-order valence-corrected chi connectivity index (χ2v) is 7.65. The molecule has 1 N–H and O–H groups in total. The molecule has 3 heterocycles. The number of piperidine rings is 1. The Balaban J connectivity index is 1.47. The zero-order valence-electron chi connectivity index (χ0n) is 12.3. The first-order valence-corrected chi connectivity index (χ1v) is 9.27. The van der Waals surface area contributed by atoms with Crippen LogP contribution >= 0.6 is 11.8 Å². The van der Waals surface area contributed by atoms with Crippen LogP contribution in [0.15, 0.2) is 0 Å². The lowest BCUT2D eigenvalue weighted by atomic mass is 9.97. The first-order chi connectivity index (χ1) is 9.33. The molecule has 0 radical (unpaired) electrons. The molecule has 19 heavy (non-hydrogen) atoms. The molecule has 3 unspecified atom stereocenters. The number of nitrogens with zero attached hydrogens (tertiary/aromatic N) is 2. The first kappa shape index (κ1) is 14.2. The summed E-state index contributed by atoms with van der Waals surface area (Å²) in [6, 6.07) is 2.37. The van der Waals surface area contributed by atoms with Gasteiger partial charge >= 0.3 is 0 Å². The van der Waals surface area contributed by atoms with Gasteiger partial charge in [-0.05, 0) is 32.7 Å². The molecular formula is C15H29N3S. The predicted octanol–water partition coefficient (Wildman–Crippen LogP) is 1.64. The summed E-state index contributed by atoms with van der Waals surface area (Å²) in [5.41, 5.74) is 0. The van der Waals surface area contributed by atoms with E-state index in [1.165, 1.54) is 69.9 Å². The molecule has 110 valence electrons. The number of hydrogen-bond acceptors (Lipinski definition) is 4. The summed E-state index contributed by atoms with van der Waals surface area (Å²) >= 11 is 2.12. The third-order valence-electron chi connectivity index (χ3n) is 5.08. The first-order valence-electron chi connectivity index (χ1n) is 8.12. The van der Waals surface area contributed by atoms with Crippen LogP contribution in [0.5, 0.6) is 0 Å². The van der Waals surface area contributed by atoms with E-state index in [2.05, 4.69) is 33.8 Å². The minimum absolute atomic E-state index is 0.755. The highest BCUT2D eigenvalue weighted by atomic mass is 32.2. The van der Waals surface area contributed by atoms with Crippen LogP contribution in [0.25, 0.3) is 0 Å². The summed E-state index contributed by atoms with van der Waals surface area (Å²) in [5, 5.41) is 3.67. The molecule has 3 aliphatic heterocycles. The number of thioether (sulfide) groups is 1. The Morgan fingerprint density at radius 1 is 1.26 bits per heavy atom. The van der Waals surface area contributed by atoms with Gasteiger partial charge in [0.15, 0.2) is 0 Å². The lowest BCUT2D eigenvalue weighted by molar-refractivity contribution is 0.0139. The zero-order chi connectivity index (χ0) is 13.1. The Morgan fingerprint density at radius 3 is 3.05 bits per heavy atom. The molecule has 3 fully saturated rings. The van der Waals surface area contributed by atoms with Gasteiger partial charge in [0.1, 0.15) is 0 Å². The average molecular weight is 283 g/mol. The van der Waals surface area contributed by atoms with Gasteiger partial charge in [0.05, 0.1) is 0 Å². The lowest BCUT2D eigenvalue weighted by Crippen LogP contribution is -2.59. The smallest absolute Gasteiger partial charge is 0.0223 e. The number of piperazine rings is 1. The van der Waals surface area contributed by atoms with E-state index in [1.807, 2.05) is 0 Å². The summed E-state index contributed by atoms with van der Waals surface area (Å²) in [6.07, 6.45) is 5.64. The highest BCUT2D eigenvalue weighted by molar-refractivity contribution is 7.99. The van der Waals surface area contributed by atoms with E-state index < -0.39 is 0 Å². The van der Waals surface area contributed by atoms with Crippen molar-refractivity contribution >= 4 is 11.8 Å². The summed E-state index contributed by atoms with van der Waals surface area (Å²) < 4.78 is 0. The molecule has 0 aromatic carbocycles. The van der Waals surface area contributed by atoms with Crippen LogP contribution in [0, 0.1) is 0 Å². The van der Waals surface area contributed by atoms with Crippen LogP contribution < -0.4 is 5.32 Å². The van der Waals surface area contributed by atoms with Gasteiger partial charge < -0.3 is 5.32 Å². The molecule has 3 aliphatic rings. The fraction of sp³-hybridized carbons (Fsp3) is 1.00. The molecule has 0 spiro atoms. The number of nitrogens with one attached hydrogen (secondary N) is 1. The molecule has 3 nitrogen and oxygen atoms in total. The van der Waals surface area contributed by atoms with Crippen molar-refractivity contribution in [2.24, 2.45) is 0 Å². The summed E-state index contributed by atoms with van der Waals surface area (Å²) in [5.74, 6) is 2.62. The van der Waals surface area contributed by atoms with Crippen molar-refractivity contribution in [3.8, 4) is 0 Å². The van der Waals surface area contributed by atoms with Gasteiger partial charge in [0, 0.05) is 55.8 Å². The van der Waals surface area contributed by atoms with Crippen LogP contribution in [0.2, 0.25) is 0 Å². The lowest BCUT2D eigenvalue weighted by Gasteiger charge is -2.48. The zero-order valence-corrected chi connectivity index (χ0v) is 13.1. The Bertz CT molecular complexity index is 281. The molecule has 0 saturated carbocycles. The summed E-state index contributed by atoms with van der Waals surface area (Å²) in [4.78, 5) is 5.51. The monoisotopic (exact) mass is 283 g/mol. The number of rotatable bonds is 3. The molecule has 0 aromatic heterocycles. The maximum Gasteiger partial charge on any atom is 0.0223 e. The van der Waals surface area contributed by atoms with Gasteiger partial charge in [-0.2, -0.15) is 11.8 Å². The van der Waals surface area contributed by atoms with Gasteiger partial charge in [-0.25, -0.2) is 0 Å². The van der Waals surface area contributed by atoms with E-state index in [4.69, 9.17) is 0 Å². The Hall–Kier alpha value is 0.230. The van der Waals surface area contributed by atoms with E-state index in [1.54, 1.807) is 0 Å². The SMILES string of the molecule is CC1CN2CCCCC2CN1CCC1CSCCN1. The van der Waals surface area contributed by atoms with Crippen molar-refractivity contribution in [3.63, 3.8) is 0 Å². The fourth-order valence-corrected chi connectivity index (χ4v) is 4.85. The minimum atomic E-state index is 0.755. The predicted molar refractivity (Wildman–Crippen MR) is 84.0 cm³/mol. The quantitative estimate of drug-likeness (QED) is 0.848.